The summed E-state index contributed by atoms with van der Waals surface area (Å²) in [6.45, 7) is 6.05. The Morgan fingerprint density at radius 1 is 1.31 bits per heavy atom. The summed E-state index contributed by atoms with van der Waals surface area (Å²) in [5.74, 6) is 1.03. The Bertz CT molecular complexity index is 298. The SMILES string of the molecule is COCCN1CCN(c2ccncn2)CC1. The van der Waals surface area contributed by atoms with Crippen LogP contribution in [0, 0.1) is 0 Å². The molecule has 0 atom stereocenters. The minimum atomic E-state index is 0.813. The summed E-state index contributed by atoms with van der Waals surface area (Å²) in [5, 5.41) is 0. The molecule has 0 radical (unpaired) electrons. The van der Waals surface area contributed by atoms with Crippen LogP contribution >= 0.6 is 0 Å². The van der Waals surface area contributed by atoms with Gasteiger partial charge >= 0.3 is 0 Å². The van der Waals surface area contributed by atoms with E-state index in [9.17, 15) is 0 Å². The average molecular weight is 222 g/mol. The molecule has 5 nitrogen and oxygen atoms in total. The Kier molecular flexibility index (Phi) is 4.07. The van der Waals surface area contributed by atoms with Crippen molar-refractivity contribution in [2.75, 3.05) is 51.3 Å². The van der Waals surface area contributed by atoms with Crippen molar-refractivity contribution < 1.29 is 4.74 Å². The molecule has 0 bridgehead atoms. The molecule has 0 unspecified atom stereocenters. The Morgan fingerprint density at radius 3 is 2.75 bits per heavy atom. The Balaban J connectivity index is 1.81. The van der Waals surface area contributed by atoms with Crippen molar-refractivity contribution >= 4 is 5.82 Å². The molecule has 5 heteroatoms. The smallest absolute Gasteiger partial charge is 0.131 e. The number of ether oxygens (including phenoxy) is 1. The van der Waals surface area contributed by atoms with Gasteiger partial charge in [-0.1, -0.05) is 0 Å². The third-order valence-electron chi connectivity index (χ3n) is 2.87. The van der Waals surface area contributed by atoms with Gasteiger partial charge in [-0.2, -0.15) is 0 Å². The molecule has 0 saturated carbocycles. The van der Waals surface area contributed by atoms with Crippen LogP contribution in [0.15, 0.2) is 18.6 Å². The van der Waals surface area contributed by atoms with Crippen molar-refractivity contribution in [3.8, 4) is 0 Å². The first-order valence-corrected chi connectivity index (χ1v) is 5.62. The summed E-state index contributed by atoms with van der Waals surface area (Å²) in [6.07, 6.45) is 3.40. The van der Waals surface area contributed by atoms with Gasteiger partial charge < -0.3 is 9.64 Å². The van der Waals surface area contributed by atoms with Gasteiger partial charge in [-0.25, -0.2) is 9.97 Å². The summed E-state index contributed by atoms with van der Waals surface area (Å²) in [7, 11) is 1.75. The average Bonchev–Trinajstić information content (AvgIpc) is 2.38. The van der Waals surface area contributed by atoms with E-state index in [1.807, 2.05) is 6.07 Å². The molecule has 1 aliphatic heterocycles. The zero-order valence-corrected chi connectivity index (χ0v) is 9.67. The van der Waals surface area contributed by atoms with Gasteiger partial charge in [-0.3, -0.25) is 4.90 Å². The van der Waals surface area contributed by atoms with Gasteiger partial charge in [0.25, 0.3) is 0 Å². The fraction of sp³-hybridized carbons (Fsp3) is 0.636. The van der Waals surface area contributed by atoms with Gasteiger partial charge in [-0.15, -0.1) is 0 Å². The van der Waals surface area contributed by atoms with E-state index in [0.717, 1.165) is 45.1 Å². The second-order valence-corrected chi connectivity index (χ2v) is 3.89. The predicted molar refractivity (Wildman–Crippen MR) is 62.6 cm³/mol. The third kappa shape index (κ3) is 2.90. The number of methoxy groups -OCH3 is 1. The molecule has 0 spiro atoms. The van der Waals surface area contributed by atoms with Gasteiger partial charge in [-0.05, 0) is 6.07 Å². The van der Waals surface area contributed by atoms with Gasteiger partial charge in [0.15, 0.2) is 0 Å². The highest BCUT2D eigenvalue weighted by atomic mass is 16.5. The summed E-state index contributed by atoms with van der Waals surface area (Å²) in [4.78, 5) is 12.9. The molecule has 2 rings (SSSR count). The van der Waals surface area contributed by atoms with Crippen LogP contribution in [-0.4, -0.2) is 61.3 Å². The van der Waals surface area contributed by atoms with E-state index in [4.69, 9.17) is 4.74 Å². The molecular formula is C11H18N4O. The minimum Gasteiger partial charge on any atom is -0.383 e. The quantitative estimate of drug-likeness (QED) is 0.730. The van der Waals surface area contributed by atoms with Crippen molar-refractivity contribution in [1.82, 2.24) is 14.9 Å². The van der Waals surface area contributed by atoms with Crippen molar-refractivity contribution in [2.24, 2.45) is 0 Å². The van der Waals surface area contributed by atoms with Gasteiger partial charge in [0, 0.05) is 46.0 Å². The van der Waals surface area contributed by atoms with Crippen LogP contribution < -0.4 is 4.90 Å². The van der Waals surface area contributed by atoms with Gasteiger partial charge in [0.2, 0.25) is 0 Å². The fourth-order valence-corrected chi connectivity index (χ4v) is 1.89. The molecule has 88 valence electrons. The van der Waals surface area contributed by atoms with E-state index in [1.165, 1.54) is 0 Å². The van der Waals surface area contributed by atoms with Crippen molar-refractivity contribution in [2.45, 2.75) is 0 Å². The van der Waals surface area contributed by atoms with Crippen molar-refractivity contribution in [3.05, 3.63) is 18.6 Å². The summed E-state index contributed by atoms with van der Waals surface area (Å²) >= 11 is 0. The Labute approximate surface area is 96.1 Å². The molecule has 0 aromatic carbocycles. The number of nitrogens with zero attached hydrogens (tertiary/aromatic N) is 4. The highest BCUT2D eigenvalue weighted by molar-refractivity contribution is 5.36. The molecule has 1 saturated heterocycles. The van der Waals surface area contributed by atoms with Crippen molar-refractivity contribution in [3.63, 3.8) is 0 Å². The zero-order chi connectivity index (χ0) is 11.2. The highest BCUT2D eigenvalue weighted by Gasteiger charge is 2.17. The summed E-state index contributed by atoms with van der Waals surface area (Å²) in [6, 6.07) is 1.96. The molecule has 0 amide bonds. The summed E-state index contributed by atoms with van der Waals surface area (Å²) in [5.41, 5.74) is 0. The lowest BCUT2D eigenvalue weighted by molar-refractivity contribution is 0.144. The van der Waals surface area contributed by atoms with E-state index in [1.54, 1.807) is 19.6 Å². The fourth-order valence-electron chi connectivity index (χ4n) is 1.89. The van der Waals surface area contributed by atoms with Crippen LogP contribution in [0.1, 0.15) is 0 Å². The van der Waals surface area contributed by atoms with Crippen LogP contribution in [-0.2, 0) is 4.74 Å². The maximum Gasteiger partial charge on any atom is 0.131 e. The molecule has 1 aliphatic rings. The minimum absolute atomic E-state index is 0.813. The third-order valence-corrected chi connectivity index (χ3v) is 2.87. The number of piperazine rings is 1. The summed E-state index contributed by atoms with van der Waals surface area (Å²) < 4.78 is 5.08. The maximum absolute atomic E-state index is 5.08. The normalized spacial score (nSPS) is 17.7. The number of anilines is 1. The predicted octanol–water partition coefficient (Wildman–Crippen LogP) is 0.245. The molecule has 0 N–H and O–H groups in total. The molecule has 1 fully saturated rings. The van der Waals surface area contributed by atoms with Crippen LogP contribution in [0.25, 0.3) is 0 Å². The highest BCUT2D eigenvalue weighted by Crippen LogP contribution is 2.11. The van der Waals surface area contributed by atoms with Crippen molar-refractivity contribution in [1.29, 1.82) is 0 Å². The molecule has 1 aromatic rings. The first-order valence-electron chi connectivity index (χ1n) is 5.62. The Morgan fingerprint density at radius 2 is 2.12 bits per heavy atom. The number of rotatable bonds is 4. The second-order valence-electron chi connectivity index (χ2n) is 3.89. The first kappa shape index (κ1) is 11.3. The number of hydrogen-bond acceptors (Lipinski definition) is 5. The lowest BCUT2D eigenvalue weighted by atomic mass is 10.3. The molecule has 1 aromatic heterocycles. The van der Waals surface area contributed by atoms with Gasteiger partial charge in [0.05, 0.1) is 6.61 Å². The number of aromatic nitrogens is 2. The largest absolute Gasteiger partial charge is 0.383 e. The van der Waals surface area contributed by atoms with Crippen LogP contribution in [0.5, 0.6) is 0 Å². The van der Waals surface area contributed by atoms with Crippen LogP contribution in [0.3, 0.4) is 0 Å². The monoisotopic (exact) mass is 222 g/mol. The maximum atomic E-state index is 5.08. The lowest BCUT2D eigenvalue weighted by Gasteiger charge is -2.35. The molecule has 0 aliphatic carbocycles. The second kappa shape index (κ2) is 5.77. The topological polar surface area (TPSA) is 41.5 Å². The molecule has 2 heterocycles. The standard InChI is InChI=1S/C11H18N4O/c1-16-9-8-14-4-6-15(7-5-14)11-2-3-12-10-13-11/h2-3,10H,4-9H2,1H3. The van der Waals surface area contributed by atoms with E-state index < -0.39 is 0 Å². The Hall–Kier alpha value is -1.20. The lowest BCUT2D eigenvalue weighted by Crippen LogP contribution is -2.47. The van der Waals surface area contributed by atoms with Crippen LogP contribution in [0.2, 0.25) is 0 Å². The van der Waals surface area contributed by atoms with E-state index in [2.05, 4.69) is 19.8 Å². The van der Waals surface area contributed by atoms with E-state index in [0.29, 0.717) is 0 Å². The molecule has 16 heavy (non-hydrogen) atoms. The zero-order valence-electron chi connectivity index (χ0n) is 9.67. The van der Waals surface area contributed by atoms with E-state index >= 15 is 0 Å². The van der Waals surface area contributed by atoms with Crippen LogP contribution in [0.4, 0.5) is 5.82 Å². The number of hydrogen-bond donors (Lipinski definition) is 0. The van der Waals surface area contributed by atoms with E-state index in [-0.39, 0.29) is 0 Å². The molecular weight excluding hydrogens is 204 g/mol. The first-order chi connectivity index (χ1) is 7.90. The van der Waals surface area contributed by atoms with Gasteiger partial charge in [0.1, 0.15) is 12.1 Å².